The van der Waals surface area contributed by atoms with Crippen molar-refractivity contribution in [3.63, 3.8) is 0 Å². The zero-order valence-corrected chi connectivity index (χ0v) is 17.3. The highest BCUT2D eigenvalue weighted by atomic mass is 35.5. The number of rotatable bonds is 4. The molecule has 156 valence electrons. The average Bonchev–Trinajstić information content (AvgIpc) is 2.65. The number of nitrogens with zero attached hydrogens (tertiary/aromatic N) is 1. The van der Waals surface area contributed by atoms with Gasteiger partial charge < -0.3 is 5.32 Å². The standard InChI is InChI=1S/C21H21Cl2F3N2O/c1-20(9-3-2-4-10-20)18(13-6-5-7-14(22)12-13)28-19(29)17-16(23)15(8-11-27-17)21(24,25)26/h5-8,11-12,18H,2-4,9-10H2,1H3,(H,28,29). The van der Waals surface area contributed by atoms with Gasteiger partial charge in [-0.1, -0.05) is 61.5 Å². The molecule has 29 heavy (non-hydrogen) atoms. The highest BCUT2D eigenvalue weighted by molar-refractivity contribution is 6.34. The molecule has 1 amide bonds. The molecule has 1 unspecified atom stereocenters. The third-order valence-electron chi connectivity index (χ3n) is 5.56. The topological polar surface area (TPSA) is 42.0 Å². The first-order valence-corrected chi connectivity index (χ1v) is 10.2. The van der Waals surface area contributed by atoms with Gasteiger partial charge in [0.2, 0.25) is 0 Å². The fraction of sp³-hybridized carbons (Fsp3) is 0.429. The number of nitrogens with one attached hydrogen (secondary N) is 1. The van der Waals surface area contributed by atoms with E-state index < -0.39 is 34.4 Å². The molecule has 1 atom stereocenters. The van der Waals surface area contributed by atoms with Gasteiger partial charge in [0, 0.05) is 11.2 Å². The van der Waals surface area contributed by atoms with E-state index in [-0.39, 0.29) is 5.41 Å². The molecule has 0 radical (unpaired) electrons. The van der Waals surface area contributed by atoms with Crippen LogP contribution in [-0.4, -0.2) is 10.9 Å². The van der Waals surface area contributed by atoms with Crippen LogP contribution in [0.4, 0.5) is 13.2 Å². The number of pyridine rings is 1. The molecular formula is C21H21Cl2F3N2O. The molecule has 1 aliphatic rings. The molecule has 3 nitrogen and oxygen atoms in total. The maximum absolute atomic E-state index is 13.2. The highest BCUT2D eigenvalue weighted by Gasteiger charge is 2.39. The van der Waals surface area contributed by atoms with Crippen molar-refractivity contribution in [2.75, 3.05) is 0 Å². The Balaban J connectivity index is 1.97. The van der Waals surface area contributed by atoms with Gasteiger partial charge in [-0.3, -0.25) is 4.79 Å². The third kappa shape index (κ3) is 4.86. The summed E-state index contributed by atoms with van der Waals surface area (Å²) in [5.74, 6) is -0.738. The lowest BCUT2D eigenvalue weighted by Crippen LogP contribution is -2.41. The van der Waals surface area contributed by atoms with E-state index in [1.54, 1.807) is 18.2 Å². The van der Waals surface area contributed by atoms with Crippen LogP contribution in [0.15, 0.2) is 36.5 Å². The second kappa shape index (κ2) is 8.52. The summed E-state index contributed by atoms with van der Waals surface area (Å²) in [6, 6.07) is 7.49. The van der Waals surface area contributed by atoms with Gasteiger partial charge in [-0.25, -0.2) is 4.98 Å². The number of carbonyl (C=O) groups is 1. The molecule has 0 saturated heterocycles. The van der Waals surface area contributed by atoms with E-state index in [4.69, 9.17) is 23.2 Å². The van der Waals surface area contributed by atoms with Gasteiger partial charge in [0.1, 0.15) is 5.69 Å². The van der Waals surface area contributed by atoms with Crippen LogP contribution in [0.5, 0.6) is 0 Å². The summed E-state index contributed by atoms with van der Waals surface area (Å²) >= 11 is 12.1. The number of hydrogen-bond acceptors (Lipinski definition) is 2. The van der Waals surface area contributed by atoms with Gasteiger partial charge in [-0.05, 0) is 42.0 Å². The van der Waals surface area contributed by atoms with Gasteiger partial charge in [0.25, 0.3) is 5.91 Å². The Morgan fingerprint density at radius 3 is 2.48 bits per heavy atom. The molecule has 1 saturated carbocycles. The lowest BCUT2D eigenvalue weighted by Gasteiger charge is -2.41. The monoisotopic (exact) mass is 444 g/mol. The first kappa shape index (κ1) is 21.9. The second-order valence-electron chi connectivity index (χ2n) is 7.70. The number of carbonyl (C=O) groups excluding carboxylic acids is 1. The van der Waals surface area contributed by atoms with Crippen molar-refractivity contribution >= 4 is 29.1 Å². The van der Waals surface area contributed by atoms with E-state index in [9.17, 15) is 18.0 Å². The van der Waals surface area contributed by atoms with E-state index in [1.165, 1.54) is 0 Å². The summed E-state index contributed by atoms with van der Waals surface area (Å²) < 4.78 is 39.5. The molecule has 1 aromatic heterocycles. The van der Waals surface area contributed by atoms with Gasteiger partial charge >= 0.3 is 6.18 Å². The molecular weight excluding hydrogens is 424 g/mol. The fourth-order valence-corrected chi connectivity index (χ4v) is 4.52. The van der Waals surface area contributed by atoms with Crippen molar-refractivity contribution in [1.82, 2.24) is 10.3 Å². The minimum absolute atomic E-state index is 0.257. The zero-order chi connectivity index (χ0) is 21.2. The summed E-state index contributed by atoms with van der Waals surface area (Å²) in [5.41, 5.74) is -0.971. The van der Waals surface area contributed by atoms with Crippen LogP contribution in [-0.2, 0) is 6.18 Å². The van der Waals surface area contributed by atoms with Crippen molar-refractivity contribution in [2.45, 2.75) is 51.2 Å². The summed E-state index contributed by atoms with van der Waals surface area (Å²) in [6.07, 6.45) is 1.20. The van der Waals surface area contributed by atoms with Crippen LogP contribution in [0.25, 0.3) is 0 Å². The highest BCUT2D eigenvalue weighted by Crippen LogP contribution is 2.46. The first-order chi connectivity index (χ1) is 13.6. The Morgan fingerprint density at radius 1 is 1.17 bits per heavy atom. The summed E-state index contributed by atoms with van der Waals surface area (Å²) in [4.78, 5) is 16.8. The van der Waals surface area contributed by atoms with Crippen LogP contribution in [0.3, 0.4) is 0 Å². The molecule has 3 rings (SSSR count). The lowest BCUT2D eigenvalue weighted by atomic mass is 9.68. The smallest absolute Gasteiger partial charge is 0.343 e. The molecule has 0 aliphatic heterocycles. The Hall–Kier alpha value is -1.79. The largest absolute Gasteiger partial charge is 0.417 e. The number of amides is 1. The Morgan fingerprint density at radius 2 is 1.86 bits per heavy atom. The van der Waals surface area contributed by atoms with E-state index in [0.29, 0.717) is 5.02 Å². The van der Waals surface area contributed by atoms with Crippen molar-refractivity contribution in [3.8, 4) is 0 Å². The average molecular weight is 445 g/mol. The zero-order valence-electron chi connectivity index (χ0n) is 15.8. The number of hydrogen-bond donors (Lipinski definition) is 1. The molecule has 1 heterocycles. The number of alkyl halides is 3. The Bertz CT molecular complexity index is 896. The van der Waals surface area contributed by atoms with Crippen molar-refractivity contribution in [2.24, 2.45) is 5.41 Å². The molecule has 1 N–H and O–H groups in total. The number of aromatic nitrogens is 1. The normalized spacial score (nSPS) is 17.6. The quantitative estimate of drug-likeness (QED) is 0.559. The maximum Gasteiger partial charge on any atom is 0.417 e. The molecule has 1 fully saturated rings. The predicted molar refractivity (Wildman–Crippen MR) is 107 cm³/mol. The van der Waals surface area contributed by atoms with Gasteiger partial charge in [0.15, 0.2) is 0 Å². The van der Waals surface area contributed by atoms with Crippen LogP contribution >= 0.6 is 23.2 Å². The summed E-state index contributed by atoms with van der Waals surface area (Å²) in [7, 11) is 0. The molecule has 1 aliphatic carbocycles. The van der Waals surface area contributed by atoms with Gasteiger partial charge in [-0.15, -0.1) is 0 Å². The lowest BCUT2D eigenvalue weighted by molar-refractivity contribution is -0.137. The van der Waals surface area contributed by atoms with Crippen LogP contribution in [0.1, 0.15) is 66.7 Å². The van der Waals surface area contributed by atoms with E-state index in [0.717, 1.165) is 49.9 Å². The first-order valence-electron chi connectivity index (χ1n) is 9.40. The molecule has 0 bridgehead atoms. The molecule has 8 heteroatoms. The number of benzene rings is 1. The van der Waals surface area contributed by atoms with Gasteiger partial charge in [-0.2, -0.15) is 13.2 Å². The van der Waals surface area contributed by atoms with Crippen molar-refractivity contribution in [3.05, 3.63) is 63.4 Å². The molecule has 2 aromatic rings. The van der Waals surface area contributed by atoms with Crippen LogP contribution in [0.2, 0.25) is 10.0 Å². The summed E-state index contributed by atoms with van der Waals surface area (Å²) in [6.45, 7) is 2.08. The predicted octanol–water partition coefficient (Wildman–Crippen LogP) is 6.85. The molecule has 1 aromatic carbocycles. The maximum atomic E-state index is 13.2. The number of halogens is 5. The van der Waals surface area contributed by atoms with Crippen molar-refractivity contribution in [1.29, 1.82) is 0 Å². The Labute approximate surface area is 177 Å². The Kier molecular flexibility index (Phi) is 6.44. The fourth-order valence-electron chi connectivity index (χ4n) is 4.01. The van der Waals surface area contributed by atoms with E-state index in [1.807, 2.05) is 6.07 Å². The third-order valence-corrected chi connectivity index (χ3v) is 6.18. The van der Waals surface area contributed by atoms with E-state index >= 15 is 0 Å². The SMILES string of the molecule is CC1(C(NC(=O)c2nccc(C(F)(F)F)c2Cl)c2cccc(Cl)c2)CCCCC1. The minimum atomic E-state index is -4.67. The summed E-state index contributed by atoms with van der Waals surface area (Å²) in [5, 5.41) is 2.72. The van der Waals surface area contributed by atoms with E-state index in [2.05, 4.69) is 17.2 Å². The minimum Gasteiger partial charge on any atom is -0.343 e. The van der Waals surface area contributed by atoms with Gasteiger partial charge in [0.05, 0.1) is 16.6 Å². The molecule has 0 spiro atoms. The second-order valence-corrected chi connectivity index (χ2v) is 8.51. The van der Waals surface area contributed by atoms with Crippen LogP contribution < -0.4 is 5.32 Å². The van der Waals surface area contributed by atoms with Crippen molar-refractivity contribution < 1.29 is 18.0 Å². The van der Waals surface area contributed by atoms with Crippen LogP contribution in [0, 0.1) is 5.41 Å².